The Kier molecular flexibility index (Phi) is 5.63. The monoisotopic (exact) mass is 287 g/mol. The van der Waals surface area contributed by atoms with Crippen molar-refractivity contribution >= 4 is 21.6 Å². The highest BCUT2D eigenvalue weighted by atomic mass is 79.9. The number of halogens is 1. The van der Waals surface area contributed by atoms with Gasteiger partial charge in [0.15, 0.2) is 0 Å². The van der Waals surface area contributed by atoms with Gasteiger partial charge in [0, 0.05) is 18.1 Å². The van der Waals surface area contributed by atoms with Crippen LogP contribution in [0.25, 0.3) is 0 Å². The fraction of sp³-hybridized carbons (Fsp3) is 0.500. The van der Waals surface area contributed by atoms with Gasteiger partial charge in [0.25, 0.3) is 0 Å². The van der Waals surface area contributed by atoms with Crippen LogP contribution in [0.3, 0.4) is 0 Å². The maximum absolute atomic E-state index is 5.28. The molecule has 0 amide bonds. The van der Waals surface area contributed by atoms with Gasteiger partial charge in [-0.2, -0.15) is 0 Å². The summed E-state index contributed by atoms with van der Waals surface area (Å²) in [6, 6.07) is 5.91. The molecule has 0 aliphatic heterocycles. The minimum Gasteiger partial charge on any atom is -0.495 e. The Balaban J connectivity index is 2.61. The molecule has 1 atom stereocenters. The first-order valence-electron chi connectivity index (χ1n) is 5.23. The fourth-order valence-corrected chi connectivity index (χ4v) is 1.81. The maximum atomic E-state index is 5.28. The average molecular weight is 288 g/mol. The molecule has 1 aromatic rings. The number of hydrogen-bond donors (Lipinski definition) is 1. The van der Waals surface area contributed by atoms with Crippen molar-refractivity contribution < 1.29 is 9.47 Å². The van der Waals surface area contributed by atoms with Crippen molar-refractivity contribution in [2.45, 2.75) is 6.92 Å². The van der Waals surface area contributed by atoms with E-state index in [0.717, 1.165) is 29.1 Å². The molecule has 1 unspecified atom stereocenters. The smallest absolute Gasteiger partial charge is 0.142 e. The van der Waals surface area contributed by atoms with Crippen LogP contribution in [0.15, 0.2) is 22.7 Å². The number of ether oxygens (including phenoxy) is 2. The molecule has 0 aliphatic carbocycles. The highest BCUT2D eigenvalue weighted by molar-refractivity contribution is 9.10. The van der Waals surface area contributed by atoms with Gasteiger partial charge in [-0.1, -0.05) is 22.9 Å². The van der Waals surface area contributed by atoms with Crippen molar-refractivity contribution in [3.05, 3.63) is 22.7 Å². The van der Waals surface area contributed by atoms with Crippen LogP contribution >= 0.6 is 15.9 Å². The summed E-state index contributed by atoms with van der Waals surface area (Å²) in [5.74, 6) is 1.32. The fourth-order valence-electron chi connectivity index (χ4n) is 1.45. The highest BCUT2D eigenvalue weighted by Gasteiger charge is 2.05. The molecule has 1 rings (SSSR count). The quantitative estimate of drug-likeness (QED) is 0.872. The summed E-state index contributed by atoms with van der Waals surface area (Å²) in [6.07, 6.45) is 0. The molecule has 0 aliphatic rings. The van der Waals surface area contributed by atoms with Gasteiger partial charge >= 0.3 is 0 Å². The number of benzene rings is 1. The molecule has 3 nitrogen and oxygen atoms in total. The summed E-state index contributed by atoms with van der Waals surface area (Å²) in [5.41, 5.74) is 1.000. The lowest BCUT2D eigenvalue weighted by Gasteiger charge is -2.15. The van der Waals surface area contributed by atoms with E-state index in [2.05, 4.69) is 28.2 Å². The van der Waals surface area contributed by atoms with Crippen molar-refractivity contribution in [1.82, 2.24) is 0 Å². The lowest BCUT2D eigenvalue weighted by atomic mass is 10.2. The standard InChI is InChI=1S/C12H18BrNO2/c1-9(8-15-2)7-14-11-6-10(13)4-5-12(11)16-3/h4-6,9,14H,7-8H2,1-3H3. The van der Waals surface area contributed by atoms with Crippen molar-refractivity contribution in [3.8, 4) is 5.75 Å². The number of nitrogens with one attached hydrogen (secondary N) is 1. The third-order valence-corrected chi connectivity index (χ3v) is 2.75. The Hall–Kier alpha value is -0.740. The first kappa shape index (κ1) is 13.3. The van der Waals surface area contributed by atoms with Gasteiger partial charge < -0.3 is 14.8 Å². The van der Waals surface area contributed by atoms with Gasteiger partial charge in [0.2, 0.25) is 0 Å². The van der Waals surface area contributed by atoms with Gasteiger partial charge in [0.1, 0.15) is 5.75 Å². The van der Waals surface area contributed by atoms with E-state index in [1.807, 2.05) is 18.2 Å². The molecule has 90 valence electrons. The Labute approximate surface area is 105 Å². The zero-order valence-corrected chi connectivity index (χ0v) is 11.5. The first-order chi connectivity index (χ1) is 7.67. The summed E-state index contributed by atoms with van der Waals surface area (Å²) < 4.78 is 11.4. The summed E-state index contributed by atoms with van der Waals surface area (Å²) >= 11 is 3.44. The molecule has 1 N–H and O–H groups in total. The molecular weight excluding hydrogens is 270 g/mol. The van der Waals surface area contributed by atoms with Crippen LogP contribution < -0.4 is 10.1 Å². The first-order valence-corrected chi connectivity index (χ1v) is 6.03. The van der Waals surface area contributed by atoms with E-state index < -0.39 is 0 Å². The Morgan fingerprint density at radius 2 is 2.12 bits per heavy atom. The van der Waals surface area contributed by atoms with E-state index >= 15 is 0 Å². The van der Waals surface area contributed by atoms with Crippen molar-refractivity contribution in [2.24, 2.45) is 5.92 Å². The van der Waals surface area contributed by atoms with Crippen LogP contribution in [-0.4, -0.2) is 27.4 Å². The molecule has 0 fully saturated rings. The van der Waals surface area contributed by atoms with E-state index in [4.69, 9.17) is 9.47 Å². The molecule has 4 heteroatoms. The van der Waals surface area contributed by atoms with E-state index in [1.54, 1.807) is 14.2 Å². The van der Waals surface area contributed by atoms with Crippen molar-refractivity contribution in [2.75, 3.05) is 32.7 Å². The Bertz CT molecular complexity index is 331. The maximum Gasteiger partial charge on any atom is 0.142 e. The predicted octanol–water partition coefficient (Wildman–Crippen LogP) is 3.15. The molecular formula is C12H18BrNO2. The van der Waals surface area contributed by atoms with E-state index in [-0.39, 0.29) is 0 Å². The summed E-state index contributed by atoms with van der Waals surface area (Å²) in [7, 11) is 3.39. The number of anilines is 1. The minimum atomic E-state index is 0.466. The molecule has 0 saturated heterocycles. The molecule has 1 aromatic carbocycles. The van der Waals surface area contributed by atoms with E-state index in [9.17, 15) is 0 Å². The number of methoxy groups -OCH3 is 2. The molecule has 0 heterocycles. The summed E-state index contributed by atoms with van der Waals surface area (Å²) in [6.45, 7) is 3.75. The van der Waals surface area contributed by atoms with Gasteiger partial charge in [-0.3, -0.25) is 0 Å². The van der Waals surface area contributed by atoms with Crippen LogP contribution in [0.2, 0.25) is 0 Å². The highest BCUT2D eigenvalue weighted by Crippen LogP contribution is 2.27. The minimum absolute atomic E-state index is 0.466. The topological polar surface area (TPSA) is 30.5 Å². The second kappa shape index (κ2) is 6.76. The van der Waals surface area contributed by atoms with Crippen molar-refractivity contribution in [1.29, 1.82) is 0 Å². The van der Waals surface area contributed by atoms with E-state index in [1.165, 1.54) is 0 Å². The third kappa shape index (κ3) is 4.02. The van der Waals surface area contributed by atoms with Gasteiger partial charge in [-0.05, 0) is 24.1 Å². The SMILES string of the molecule is COCC(C)CNc1cc(Br)ccc1OC. The van der Waals surface area contributed by atoms with Crippen LogP contribution in [0.4, 0.5) is 5.69 Å². The Morgan fingerprint density at radius 1 is 1.38 bits per heavy atom. The molecule has 16 heavy (non-hydrogen) atoms. The van der Waals surface area contributed by atoms with Gasteiger partial charge in [-0.25, -0.2) is 0 Å². The second-order valence-corrected chi connectivity index (χ2v) is 4.70. The normalized spacial score (nSPS) is 12.2. The molecule has 0 spiro atoms. The lowest BCUT2D eigenvalue weighted by Crippen LogP contribution is -2.16. The predicted molar refractivity (Wildman–Crippen MR) is 70.2 cm³/mol. The largest absolute Gasteiger partial charge is 0.495 e. The third-order valence-electron chi connectivity index (χ3n) is 2.25. The molecule has 0 saturated carbocycles. The van der Waals surface area contributed by atoms with Crippen LogP contribution in [-0.2, 0) is 4.74 Å². The Morgan fingerprint density at radius 3 is 2.75 bits per heavy atom. The van der Waals surface area contributed by atoms with Crippen molar-refractivity contribution in [3.63, 3.8) is 0 Å². The van der Waals surface area contributed by atoms with Crippen LogP contribution in [0.1, 0.15) is 6.92 Å². The van der Waals surface area contributed by atoms with Gasteiger partial charge in [0.05, 0.1) is 19.4 Å². The van der Waals surface area contributed by atoms with E-state index in [0.29, 0.717) is 5.92 Å². The molecule has 0 bridgehead atoms. The second-order valence-electron chi connectivity index (χ2n) is 3.79. The summed E-state index contributed by atoms with van der Waals surface area (Å²) in [4.78, 5) is 0. The summed E-state index contributed by atoms with van der Waals surface area (Å²) in [5, 5.41) is 3.35. The zero-order chi connectivity index (χ0) is 12.0. The molecule has 0 radical (unpaired) electrons. The zero-order valence-electron chi connectivity index (χ0n) is 9.92. The average Bonchev–Trinajstić information content (AvgIpc) is 2.27. The lowest BCUT2D eigenvalue weighted by molar-refractivity contribution is 0.164. The number of hydrogen-bond acceptors (Lipinski definition) is 3. The van der Waals surface area contributed by atoms with Crippen LogP contribution in [0.5, 0.6) is 5.75 Å². The van der Waals surface area contributed by atoms with Gasteiger partial charge in [-0.15, -0.1) is 0 Å². The number of rotatable bonds is 6. The van der Waals surface area contributed by atoms with Crippen LogP contribution in [0, 0.1) is 5.92 Å². The molecule has 0 aromatic heterocycles.